The molecule has 0 spiro atoms. The first-order valence-electron chi connectivity index (χ1n) is 7.28. The Morgan fingerprint density at radius 2 is 1.71 bits per heavy atom. The SMILES string of the molecule is CC(=O)Nc1cc2c(cc1Sc1ccccc1Cl)n(C)c(=O)n2C. The number of carbonyl (C=O) groups is 1. The number of rotatable bonds is 3. The molecular weight excluding hydrogens is 346 g/mol. The van der Waals surface area contributed by atoms with Crippen LogP contribution in [0.1, 0.15) is 6.92 Å². The van der Waals surface area contributed by atoms with E-state index in [1.54, 1.807) is 23.2 Å². The van der Waals surface area contributed by atoms with Crippen molar-refractivity contribution >= 4 is 46.0 Å². The average molecular weight is 362 g/mol. The summed E-state index contributed by atoms with van der Waals surface area (Å²) in [5, 5.41) is 3.47. The summed E-state index contributed by atoms with van der Waals surface area (Å²) in [7, 11) is 3.44. The van der Waals surface area contributed by atoms with Gasteiger partial charge in [0.05, 0.1) is 21.7 Å². The third kappa shape index (κ3) is 2.95. The fourth-order valence-corrected chi connectivity index (χ4v) is 3.73. The number of hydrogen-bond acceptors (Lipinski definition) is 3. The predicted molar refractivity (Wildman–Crippen MR) is 98.0 cm³/mol. The monoisotopic (exact) mass is 361 g/mol. The van der Waals surface area contributed by atoms with E-state index in [0.717, 1.165) is 20.8 Å². The van der Waals surface area contributed by atoms with E-state index < -0.39 is 0 Å². The lowest BCUT2D eigenvalue weighted by atomic mass is 10.2. The van der Waals surface area contributed by atoms with Crippen LogP contribution >= 0.6 is 23.4 Å². The average Bonchev–Trinajstić information content (AvgIpc) is 2.74. The number of halogens is 1. The second-order valence-corrected chi connectivity index (χ2v) is 6.94. The fourth-order valence-electron chi connectivity index (χ4n) is 2.54. The van der Waals surface area contributed by atoms with E-state index in [0.29, 0.717) is 10.7 Å². The number of hydrogen-bond donors (Lipinski definition) is 1. The standard InChI is InChI=1S/C17H16ClN3O2S/c1-10(22)19-12-8-13-14(21(3)17(23)20(13)2)9-16(12)24-15-7-5-4-6-11(15)18/h4-9H,1-3H3,(H,19,22). The Morgan fingerprint density at radius 1 is 1.08 bits per heavy atom. The van der Waals surface area contributed by atoms with Crippen LogP contribution in [-0.2, 0) is 18.9 Å². The Labute approximate surface area is 148 Å². The van der Waals surface area contributed by atoms with Crippen molar-refractivity contribution in [3.05, 3.63) is 51.9 Å². The lowest BCUT2D eigenvalue weighted by Gasteiger charge is -2.12. The number of fused-ring (bicyclic) bond motifs is 1. The van der Waals surface area contributed by atoms with Crippen LogP contribution in [0.25, 0.3) is 11.0 Å². The first-order chi connectivity index (χ1) is 11.4. The number of imidazole rings is 1. The van der Waals surface area contributed by atoms with Crippen molar-refractivity contribution in [2.75, 3.05) is 5.32 Å². The van der Waals surface area contributed by atoms with E-state index in [-0.39, 0.29) is 11.6 Å². The van der Waals surface area contributed by atoms with E-state index in [1.165, 1.54) is 18.7 Å². The lowest BCUT2D eigenvalue weighted by Crippen LogP contribution is -2.19. The fraction of sp³-hybridized carbons (Fsp3) is 0.176. The van der Waals surface area contributed by atoms with Crippen molar-refractivity contribution in [3.63, 3.8) is 0 Å². The highest BCUT2D eigenvalue weighted by Gasteiger charge is 2.15. The van der Waals surface area contributed by atoms with Gasteiger partial charge in [-0.25, -0.2) is 4.79 Å². The van der Waals surface area contributed by atoms with Gasteiger partial charge in [0.15, 0.2) is 0 Å². The van der Waals surface area contributed by atoms with Crippen molar-refractivity contribution in [1.29, 1.82) is 0 Å². The summed E-state index contributed by atoms with van der Waals surface area (Å²) in [6.07, 6.45) is 0. The van der Waals surface area contributed by atoms with Gasteiger partial charge in [-0.1, -0.05) is 35.5 Å². The molecule has 1 amide bonds. The lowest BCUT2D eigenvalue weighted by molar-refractivity contribution is -0.114. The predicted octanol–water partition coefficient (Wildman–Crippen LogP) is 3.64. The Bertz CT molecular complexity index is 1010. The number of carbonyl (C=O) groups excluding carboxylic acids is 1. The van der Waals surface area contributed by atoms with E-state index in [1.807, 2.05) is 36.4 Å². The number of aryl methyl sites for hydroxylation is 2. The van der Waals surface area contributed by atoms with E-state index in [4.69, 9.17) is 11.6 Å². The Hall–Kier alpha value is -2.18. The molecule has 0 saturated heterocycles. The van der Waals surface area contributed by atoms with Crippen LogP contribution in [0.15, 0.2) is 51.0 Å². The van der Waals surface area contributed by atoms with Gasteiger partial charge < -0.3 is 5.32 Å². The second-order valence-electron chi connectivity index (χ2n) is 5.45. The number of amides is 1. The first kappa shape index (κ1) is 16.7. The molecule has 0 radical (unpaired) electrons. The number of aromatic nitrogens is 2. The summed E-state index contributed by atoms with van der Waals surface area (Å²) in [5.74, 6) is -0.170. The van der Waals surface area contributed by atoms with Gasteiger partial charge in [-0.2, -0.15) is 0 Å². The van der Waals surface area contributed by atoms with E-state index >= 15 is 0 Å². The Balaban J connectivity index is 2.20. The van der Waals surface area contributed by atoms with Gasteiger partial charge in [0.2, 0.25) is 5.91 Å². The topological polar surface area (TPSA) is 56.0 Å². The zero-order valence-corrected chi connectivity index (χ0v) is 15.0. The zero-order valence-electron chi connectivity index (χ0n) is 13.5. The highest BCUT2D eigenvalue weighted by Crippen LogP contribution is 2.39. The summed E-state index contributed by atoms with van der Waals surface area (Å²) < 4.78 is 3.15. The molecule has 0 fully saturated rings. The van der Waals surface area contributed by atoms with Gasteiger partial charge in [-0.3, -0.25) is 13.9 Å². The molecule has 3 rings (SSSR count). The molecule has 0 aliphatic carbocycles. The van der Waals surface area contributed by atoms with E-state index in [2.05, 4.69) is 5.32 Å². The molecule has 0 saturated carbocycles. The van der Waals surface area contributed by atoms with Crippen LogP contribution in [-0.4, -0.2) is 15.0 Å². The summed E-state index contributed by atoms with van der Waals surface area (Å²) in [6, 6.07) is 11.2. The Kier molecular flexibility index (Phi) is 4.43. The molecule has 0 unspecified atom stereocenters. The van der Waals surface area contributed by atoms with Crippen LogP contribution in [0.3, 0.4) is 0 Å². The molecule has 0 bridgehead atoms. The molecule has 3 aromatic rings. The molecule has 1 heterocycles. The summed E-state index contributed by atoms with van der Waals surface area (Å²) >= 11 is 7.69. The highest BCUT2D eigenvalue weighted by atomic mass is 35.5. The molecule has 7 heteroatoms. The number of benzene rings is 2. The number of nitrogens with zero attached hydrogens (tertiary/aromatic N) is 2. The highest BCUT2D eigenvalue weighted by molar-refractivity contribution is 7.99. The minimum Gasteiger partial charge on any atom is -0.325 e. The first-order valence-corrected chi connectivity index (χ1v) is 8.47. The Morgan fingerprint density at radius 3 is 2.33 bits per heavy atom. The minimum atomic E-state index is -0.170. The molecule has 124 valence electrons. The molecule has 2 aromatic carbocycles. The van der Waals surface area contributed by atoms with Crippen molar-refractivity contribution in [2.45, 2.75) is 16.7 Å². The molecule has 0 aliphatic heterocycles. The van der Waals surface area contributed by atoms with Gasteiger partial charge in [-0.15, -0.1) is 0 Å². The molecule has 1 N–H and O–H groups in total. The molecule has 0 atom stereocenters. The zero-order chi connectivity index (χ0) is 17.4. The van der Waals surface area contributed by atoms with Crippen LogP contribution in [0.2, 0.25) is 5.02 Å². The van der Waals surface area contributed by atoms with Gasteiger partial charge >= 0.3 is 5.69 Å². The van der Waals surface area contributed by atoms with Crippen molar-refractivity contribution in [2.24, 2.45) is 14.1 Å². The van der Waals surface area contributed by atoms with Crippen LogP contribution in [0.5, 0.6) is 0 Å². The van der Waals surface area contributed by atoms with Gasteiger partial charge in [0.25, 0.3) is 0 Å². The van der Waals surface area contributed by atoms with Crippen molar-refractivity contribution in [3.8, 4) is 0 Å². The number of nitrogens with one attached hydrogen (secondary N) is 1. The van der Waals surface area contributed by atoms with Crippen molar-refractivity contribution in [1.82, 2.24) is 9.13 Å². The van der Waals surface area contributed by atoms with Crippen molar-refractivity contribution < 1.29 is 4.79 Å². The third-order valence-electron chi connectivity index (χ3n) is 3.74. The van der Waals surface area contributed by atoms with E-state index in [9.17, 15) is 9.59 Å². The largest absolute Gasteiger partial charge is 0.328 e. The maximum Gasteiger partial charge on any atom is 0.328 e. The molecule has 5 nitrogen and oxygen atoms in total. The molecular formula is C17H16ClN3O2S. The summed E-state index contributed by atoms with van der Waals surface area (Å²) in [6.45, 7) is 1.46. The summed E-state index contributed by atoms with van der Waals surface area (Å²) in [5.41, 5.74) is 2.10. The normalized spacial score (nSPS) is 11.0. The van der Waals surface area contributed by atoms with Crippen LogP contribution in [0.4, 0.5) is 5.69 Å². The maximum atomic E-state index is 12.2. The molecule has 1 aromatic heterocycles. The summed E-state index contributed by atoms with van der Waals surface area (Å²) in [4.78, 5) is 25.4. The van der Waals surface area contributed by atoms with Gasteiger partial charge in [0, 0.05) is 30.8 Å². The van der Waals surface area contributed by atoms with Gasteiger partial charge in [0.1, 0.15) is 0 Å². The second kappa shape index (κ2) is 6.37. The third-order valence-corrected chi connectivity index (χ3v) is 5.32. The number of anilines is 1. The molecule has 24 heavy (non-hydrogen) atoms. The molecule has 0 aliphatic rings. The smallest absolute Gasteiger partial charge is 0.325 e. The maximum absolute atomic E-state index is 12.2. The van der Waals surface area contributed by atoms with Crippen LogP contribution < -0.4 is 11.0 Å². The van der Waals surface area contributed by atoms with Gasteiger partial charge in [-0.05, 0) is 24.3 Å². The van der Waals surface area contributed by atoms with Crippen LogP contribution in [0, 0.1) is 0 Å². The minimum absolute atomic E-state index is 0.112. The quantitative estimate of drug-likeness (QED) is 0.774.